The van der Waals surface area contributed by atoms with Crippen LogP contribution in [0.1, 0.15) is 32.3 Å². The molecule has 1 atom stereocenters. The maximum absolute atomic E-state index is 11.0. The fraction of sp³-hybridized carbons (Fsp3) is 0.455. The average molecular weight is 332 g/mol. The number of pyridine rings is 1. The number of aromatic nitrogens is 1. The van der Waals surface area contributed by atoms with Gasteiger partial charge < -0.3 is 20.6 Å². The van der Waals surface area contributed by atoms with Crippen LogP contribution in [0.15, 0.2) is 16.7 Å². The second-order valence-electron chi connectivity index (χ2n) is 4.55. The maximum atomic E-state index is 11.0. The lowest BCUT2D eigenvalue weighted by Gasteiger charge is -2.30. The van der Waals surface area contributed by atoms with Gasteiger partial charge in [-0.2, -0.15) is 0 Å². The molecular formula is C11H14BrN3O4. The molecule has 104 valence electrons. The van der Waals surface area contributed by atoms with Crippen LogP contribution in [0.2, 0.25) is 0 Å². The van der Waals surface area contributed by atoms with E-state index >= 15 is 0 Å². The molecule has 1 heterocycles. The molecule has 1 rings (SSSR count). The van der Waals surface area contributed by atoms with E-state index in [-0.39, 0.29) is 5.82 Å². The van der Waals surface area contributed by atoms with Gasteiger partial charge in [-0.15, -0.1) is 0 Å². The number of nitro groups is 1. The van der Waals surface area contributed by atoms with Crippen molar-refractivity contribution in [3.8, 4) is 0 Å². The van der Waals surface area contributed by atoms with Crippen molar-refractivity contribution in [2.24, 2.45) is 5.73 Å². The molecule has 0 aliphatic rings. The maximum Gasteiger partial charge on any atom is 0.405 e. The van der Waals surface area contributed by atoms with Crippen molar-refractivity contribution in [1.82, 2.24) is 4.98 Å². The minimum atomic E-state index is -0.980. The number of halogens is 1. The van der Waals surface area contributed by atoms with E-state index in [0.29, 0.717) is 10.2 Å². The van der Waals surface area contributed by atoms with E-state index in [1.54, 1.807) is 32.9 Å². The smallest absolute Gasteiger partial charge is 0.405 e. The summed E-state index contributed by atoms with van der Waals surface area (Å²) in [7, 11) is 0. The molecule has 0 aliphatic carbocycles. The summed E-state index contributed by atoms with van der Waals surface area (Å²) in [4.78, 5) is 25.1. The highest BCUT2D eigenvalue weighted by Crippen LogP contribution is 2.35. The highest BCUT2D eigenvalue weighted by molar-refractivity contribution is 9.10. The van der Waals surface area contributed by atoms with Crippen LogP contribution >= 0.6 is 15.9 Å². The van der Waals surface area contributed by atoms with Crippen molar-refractivity contribution >= 4 is 27.8 Å². The Balaban J connectivity index is 3.22. The largest absolute Gasteiger partial charge is 0.443 e. The zero-order valence-corrected chi connectivity index (χ0v) is 12.3. The first-order chi connectivity index (χ1) is 8.65. The molecule has 0 saturated carbocycles. The van der Waals surface area contributed by atoms with Crippen LogP contribution in [0.3, 0.4) is 0 Å². The SMILES string of the molecule is CC(c1ccc(Br)nc1[N+](=O)[O-])C(C)(C)OC(N)=O. The molecule has 1 unspecified atom stereocenters. The van der Waals surface area contributed by atoms with Crippen LogP contribution in [0.25, 0.3) is 0 Å². The molecule has 7 nitrogen and oxygen atoms in total. The summed E-state index contributed by atoms with van der Waals surface area (Å²) in [5.41, 5.74) is 4.39. The number of carbonyl (C=O) groups excluding carboxylic acids is 1. The fourth-order valence-corrected chi connectivity index (χ4v) is 1.94. The van der Waals surface area contributed by atoms with Gasteiger partial charge in [0.15, 0.2) is 0 Å². The Hall–Kier alpha value is -1.70. The Bertz CT molecular complexity index is 519. The first-order valence-electron chi connectivity index (χ1n) is 5.44. The third-order valence-electron chi connectivity index (χ3n) is 2.92. The topological polar surface area (TPSA) is 108 Å². The number of carbonyl (C=O) groups is 1. The van der Waals surface area contributed by atoms with Crippen molar-refractivity contribution < 1.29 is 14.5 Å². The third-order valence-corrected chi connectivity index (χ3v) is 3.36. The zero-order valence-electron chi connectivity index (χ0n) is 10.7. The van der Waals surface area contributed by atoms with Crippen molar-refractivity contribution in [3.63, 3.8) is 0 Å². The standard InChI is InChI=1S/C11H14BrN3O4/c1-6(11(2,3)19-10(13)16)7-4-5-8(12)14-9(7)15(17)18/h4-6H,1-3H3,(H2,13,16). The molecule has 1 amide bonds. The molecular weight excluding hydrogens is 318 g/mol. The summed E-state index contributed by atoms with van der Waals surface area (Å²) in [6.45, 7) is 4.98. The molecule has 0 aliphatic heterocycles. The lowest BCUT2D eigenvalue weighted by molar-refractivity contribution is -0.390. The van der Waals surface area contributed by atoms with Gasteiger partial charge in [0.1, 0.15) is 5.60 Å². The molecule has 0 spiro atoms. The van der Waals surface area contributed by atoms with Crippen LogP contribution < -0.4 is 5.73 Å². The number of primary amides is 1. The highest BCUT2D eigenvalue weighted by atomic mass is 79.9. The molecule has 0 saturated heterocycles. The molecule has 0 aromatic carbocycles. The molecule has 1 aromatic rings. The van der Waals surface area contributed by atoms with Gasteiger partial charge in [0.2, 0.25) is 4.60 Å². The lowest BCUT2D eigenvalue weighted by Crippen LogP contribution is -2.36. The number of rotatable bonds is 4. The summed E-state index contributed by atoms with van der Waals surface area (Å²) < 4.78 is 5.36. The molecule has 8 heteroatoms. The lowest BCUT2D eigenvalue weighted by atomic mass is 9.86. The van der Waals surface area contributed by atoms with Gasteiger partial charge in [-0.1, -0.05) is 6.92 Å². The third kappa shape index (κ3) is 3.63. The van der Waals surface area contributed by atoms with E-state index in [2.05, 4.69) is 20.9 Å². The monoisotopic (exact) mass is 331 g/mol. The molecule has 1 aromatic heterocycles. The Morgan fingerprint density at radius 2 is 2.16 bits per heavy atom. The Morgan fingerprint density at radius 1 is 1.58 bits per heavy atom. The van der Waals surface area contributed by atoms with E-state index in [0.717, 1.165) is 0 Å². The van der Waals surface area contributed by atoms with Crippen LogP contribution in [0.4, 0.5) is 10.6 Å². The van der Waals surface area contributed by atoms with E-state index < -0.39 is 22.5 Å². The molecule has 0 bridgehead atoms. The van der Waals surface area contributed by atoms with Gasteiger partial charge in [0.05, 0.1) is 5.56 Å². The molecule has 19 heavy (non-hydrogen) atoms. The minimum Gasteiger partial charge on any atom is -0.443 e. The molecule has 2 N–H and O–H groups in total. The van der Waals surface area contributed by atoms with Crippen molar-refractivity contribution in [1.29, 1.82) is 0 Å². The van der Waals surface area contributed by atoms with Crippen LogP contribution in [-0.4, -0.2) is 21.6 Å². The Kier molecular flexibility index (Phi) is 4.46. The second kappa shape index (κ2) is 5.52. The van der Waals surface area contributed by atoms with Gasteiger partial charge in [0.25, 0.3) is 0 Å². The van der Waals surface area contributed by atoms with Crippen molar-refractivity contribution in [3.05, 3.63) is 32.4 Å². The van der Waals surface area contributed by atoms with E-state index in [4.69, 9.17) is 10.5 Å². The molecule has 0 radical (unpaired) electrons. The molecule has 0 fully saturated rings. The summed E-state index contributed by atoms with van der Waals surface area (Å²) in [5, 5.41) is 11.0. The second-order valence-corrected chi connectivity index (χ2v) is 5.36. The summed E-state index contributed by atoms with van der Waals surface area (Å²) >= 11 is 3.08. The van der Waals surface area contributed by atoms with Gasteiger partial charge in [-0.25, -0.2) is 4.79 Å². The number of nitrogens with two attached hydrogens (primary N) is 1. The number of hydrogen-bond donors (Lipinski definition) is 1. The fourth-order valence-electron chi connectivity index (χ4n) is 1.64. The first kappa shape index (κ1) is 15.4. The van der Waals surface area contributed by atoms with Crippen LogP contribution in [-0.2, 0) is 4.74 Å². The van der Waals surface area contributed by atoms with E-state index in [9.17, 15) is 14.9 Å². The zero-order chi connectivity index (χ0) is 14.8. The predicted molar refractivity (Wildman–Crippen MR) is 71.8 cm³/mol. The Morgan fingerprint density at radius 3 is 2.63 bits per heavy atom. The van der Waals surface area contributed by atoms with Gasteiger partial charge in [-0.05, 0) is 35.9 Å². The van der Waals surface area contributed by atoms with Gasteiger partial charge in [0, 0.05) is 21.8 Å². The van der Waals surface area contributed by atoms with Crippen molar-refractivity contribution in [2.45, 2.75) is 32.3 Å². The predicted octanol–water partition coefficient (Wildman–Crippen LogP) is 2.73. The number of nitrogens with zero attached hydrogens (tertiary/aromatic N) is 2. The van der Waals surface area contributed by atoms with Gasteiger partial charge >= 0.3 is 11.9 Å². The normalized spacial score (nSPS) is 12.8. The quantitative estimate of drug-likeness (QED) is 0.518. The minimum absolute atomic E-state index is 0.275. The van der Waals surface area contributed by atoms with E-state index in [1.165, 1.54) is 0 Å². The van der Waals surface area contributed by atoms with Crippen molar-refractivity contribution in [2.75, 3.05) is 0 Å². The summed E-state index contributed by atoms with van der Waals surface area (Å²) in [5.74, 6) is -0.718. The highest BCUT2D eigenvalue weighted by Gasteiger charge is 2.35. The number of amides is 1. The van der Waals surface area contributed by atoms with Crippen LogP contribution in [0, 0.1) is 10.1 Å². The van der Waals surface area contributed by atoms with Crippen LogP contribution in [0.5, 0.6) is 0 Å². The van der Waals surface area contributed by atoms with E-state index in [1.807, 2.05) is 0 Å². The number of ether oxygens (including phenoxy) is 1. The summed E-state index contributed by atoms with van der Waals surface area (Å²) in [6, 6.07) is 3.17. The summed E-state index contributed by atoms with van der Waals surface area (Å²) in [6.07, 6.45) is -0.926. The van der Waals surface area contributed by atoms with Gasteiger partial charge in [-0.3, -0.25) is 0 Å². The average Bonchev–Trinajstić information content (AvgIpc) is 2.26. The first-order valence-corrected chi connectivity index (χ1v) is 6.23. The number of hydrogen-bond acceptors (Lipinski definition) is 5. The Labute approximate surface area is 118 Å².